The molecule has 17 heavy (non-hydrogen) atoms. The van der Waals surface area contributed by atoms with Gasteiger partial charge in [-0.1, -0.05) is 12.8 Å². The molecule has 5 heteroatoms. The molecule has 0 spiro atoms. The largest absolute Gasteiger partial charge is 0.338 e. The zero-order valence-electron chi connectivity index (χ0n) is 10.7. The lowest BCUT2D eigenvalue weighted by atomic mass is 10.1. The number of rotatable bonds is 5. The summed E-state index contributed by atoms with van der Waals surface area (Å²) in [5.74, 6) is 0.420. The lowest BCUT2D eigenvalue weighted by Crippen LogP contribution is -2.48. The van der Waals surface area contributed by atoms with E-state index >= 15 is 0 Å². The highest BCUT2D eigenvalue weighted by Crippen LogP contribution is 2.23. The average Bonchev–Trinajstić information content (AvgIpc) is 2.78. The first-order valence-electron chi connectivity index (χ1n) is 6.45. The van der Waals surface area contributed by atoms with Crippen molar-refractivity contribution in [3.63, 3.8) is 0 Å². The summed E-state index contributed by atoms with van der Waals surface area (Å²) < 4.78 is 0. The second kappa shape index (κ2) is 7.27. The van der Waals surface area contributed by atoms with Crippen LogP contribution in [-0.2, 0) is 4.79 Å². The van der Waals surface area contributed by atoms with Gasteiger partial charge < -0.3 is 10.6 Å². The van der Waals surface area contributed by atoms with E-state index < -0.39 is 6.03 Å². The summed E-state index contributed by atoms with van der Waals surface area (Å²) >= 11 is 0. The fourth-order valence-corrected chi connectivity index (χ4v) is 2.08. The monoisotopic (exact) mass is 241 g/mol. The molecule has 1 saturated carbocycles. The van der Waals surface area contributed by atoms with Gasteiger partial charge in [-0.15, -0.1) is 0 Å². The van der Waals surface area contributed by atoms with Crippen LogP contribution in [0.15, 0.2) is 0 Å². The van der Waals surface area contributed by atoms with Crippen molar-refractivity contribution in [2.24, 2.45) is 5.92 Å². The maximum absolute atomic E-state index is 11.6. The van der Waals surface area contributed by atoms with Crippen LogP contribution in [0.3, 0.4) is 0 Å². The lowest BCUT2D eigenvalue weighted by molar-refractivity contribution is -0.121. The molecule has 98 valence electrons. The van der Waals surface area contributed by atoms with E-state index in [1.807, 2.05) is 6.92 Å². The minimum Gasteiger partial charge on any atom is -0.338 e. The Morgan fingerprint density at radius 1 is 1.29 bits per heavy atom. The fraction of sp³-hybridized carbons (Fsp3) is 0.833. The predicted molar refractivity (Wildman–Crippen MR) is 66.6 cm³/mol. The van der Waals surface area contributed by atoms with Gasteiger partial charge in [0.2, 0.25) is 5.91 Å². The quantitative estimate of drug-likeness (QED) is 0.672. The highest BCUT2D eigenvalue weighted by Gasteiger charge is 2.19. The van der Waals surface area contributed by atoms with Gasteiger partial charge >= 0.3 is 6.03 Å². The molecule has 0 aromatic carbocycles. The molecule has 0 heterocycles. The molecule has 0 aliphatic heterocycles. The van der Waals surface area contributed by atoms with Crippen LogP contribution < -0.4 is 16.0 Å². The van der Waals surface area contributed by atoms with Crippen molar-refractivity contribution in [3.8, 4) is 0 Å². The average molecular weight is 241 g/mol. The molecule has 0 saturated heterocycles. The molecule has 0 aromatic rings. The molecule has 5 nitrogen and oxygen atoms in total. The molecule has 1 fully saturated rings. The van der Waals surface area contributed by atoms with Crippen molar-refractivity contribution < 1.29 is 9.59 Å². The molecule has 1 aliphatic carbocycles. The fourth-order valence-electron chi connectivity index (χ4n) is 2.08. The number of carbonyl (C=O) groups is 2. The highest BCUT2D eigenvalue weighted by atomic mass is 16.2. The summed E-state index contributed by atoms with van der Waals surface area (Å²) in [6.45, 7) is 4.97. The van der Waals surface area contributed by atoms with E-state index in [1.54, 1.807) is 6.92 Å². The van der Waals surface area contributed by atoms with Crippen LogP contribution in [0.2, 0.25) is 0 Å². The van der Waals surface area contributed by atoms with Gasteiger partial charge in [0.25, 0.3) is 0 Å². The summed E-state index contributed by atoms with van der Waals surface area (Å²) in [6.07, 6.45) is 5.09. The highest BCUT2D eigenvalue weighted by molar-refractivity contribution is 5.96. The topological polar surface area (TPSA) is 70.2 Å². The van der Waals surface area contributed by atoms with Crippen molar-refractivity contribution in [2.75, 3.05) is 13.1 Å². The molecule has 1 atom stereocenters. The molecule has 3 amide bonds. The third-order valence-electron chi connectivity index (χ3n) is 3.15. The van der Waals surface area contributed by atoms with E-state index in [-0.39, 0.29) is 11.9 Å². The van der Waals surface area contributed by atoms with Gasteiger partial charge in [0.15, 0.2) is 0 Å². The number of urea groups is 1. The van der Waals surface area contributed by atoms with E-state index in [0.29, 0.717) is 12.5 Å². The van der Waals surface area contributed by atoms with Gasteiger partial charge in [0, 0.05) is 6.54 Å². The predicted octanol–water partition coefficient (Wildman–Crippen LogP) is 1.00. The van der Waals surface area contributed by atoms with E-state index in [1.165, 1.54) is 25.7 Å². The van der Waals surface area contributed by atoms with Gasteiger partial charge in [0.05, 0.1) is 6.04 Å². The Morgan fingerprint density at radius 3 is 2.53 bits per heavy atom. The van der Waals surface area contributed by atoms with Crippen molar-refractivity contribution in [1.29, 1.82) is 0 Å². The van der Waals surface area contributed by atoms with Crippen LogP contribution in [0.25, 0.3) is 0 Å². The van der Waals surface area contributed by atoms with Crippen molar-refractivity contribution in [3.05, 3.63) is 0 Å². The van der Waals surface area contributed by atoms with Gasteiger partial charge in [0.1, 0.15) is 0 Å². The van der Waals surface area contributed by atoms with E-state index in [2.05, 4.69) is 16.0 Å². The Hall–Kier alpha value is -1.10. The van der Waals surface area contributed by atoms with Gasteiger partial charge in [-0.3, -0.25) is 10.1 Å². The molecule has 1 unspecified atom stereocenters. The summed E-state index contributed by atoms with van der Waals surface area (Å²) in [6, 6.07) is -0.745. The Balaban J connectivity index is 2.19. The third-order valence-corrected chi connectivity index (χ3v) is 3.15. The van der Waals surface area contributed by atoms with Crippen LogP contribution >= 0.6 is 0 Å². The maximum Gasteiger partial charge on any atom is 0.321 e. The minimum absolute atomic E-state index is 0.269. The van der Waals surface area contributed by atoms with Crippen LogP contribution in [0.4, 0.5) is 4.79 Å². The number of carbonyl (C=O) groups excluding carboxylic acids is 2. The number of amides is 3. The molecule has 0 aromatic heterocycles. The van der Waals surface area contributed by atoms with Gasteiger partial charge in [-0.05, 0) is 39.2 Å². The van der Waals surface area contributed by atoms with Gasteiger partial charge in [-0.25, -0.2) is 4.79 Å². The number of nitrogens with one attached hydrogen (secondary N) is 3. The first-order valence-corrected chi connectivity index (χ1v) is 6.45. The summed E-state index contributed by atoms with van der Waals surface area (Å²) in [5, 5.41) is 8.01. The van der Waals surface area contributed by atoms with Crippen LogP contribution in [-0.4, -0.2) is 31.1 Å². The Labute approximate surface area is 103 Å². The second-order valence-corrected chi connectivity index (χ2v) is 4.63. The SMILES string of the molecule is CCNC(=O)NC(=O)C(C)NCC1CCCC1. The zero-order chi connectivity index (χ0) is 12.7. The third kappa shape index (κ3) is 5.17. The molecular formula is C12H23N3O2. The molecule has 1 aliphatic rings. The second-order valence-electron chi connectivity index (χ2n) is 4.63. The minimum atomic E-state index is -0.424. The summed E-state index contributed by atoms with van der Waals surface area (Å²) in [4.78, 5) is 22.7. The van der Waals surface area contributed by atoms with E-state index in [9.17, 15) is 9.59 Å². The number of hydrogen-bond donors (Lipinski definition) is 3. The first-order chi connectivity index (χ1) is 8.13. The smallest absolute Gasteiger partial charge is 0.321 e. The molecule has 3 N–H and O–H groups in total. The number of hydrogen-bond acceptors (Lipinski definition) is 3. The molecule has 0 bridgehead atoms. The summed E-state index contributed by atoms with van der Waals surface area (Å²) in [5.41, 5.74) is 0. The molecule has 1 rings (SSSR count). The van der Waals surface area contributed by atoms with Crippen molar-refractivity contribution >= 4 is 11.9 Å². The summed E-state index contributed by atoms with van der Waals surface area (Å²) in [7, 11) is 0. The van der Waals surface area contributed by atoms with Crippen molar-refractivity contribution in [1.82, 2.24) is 16.0 Å². The van der Waals surface area contributed by atoms with Crippen LogP contribution in [0.1, 0.15) is 39.5 Å². The van der Waals surface area contributed by atoms with Crippen LogP contribution in [0.5, 0.6) is 0 Å². The number of imide groups is 1. The first kappa shape index (κ1) is 14.0. The Bertz CT molecular complexity index is 262. The lowest BCUT2D eigenvalue weighted by Gasteiger charge is -2.16. The molecule has 0 radical (unpaired) electrons. The molecular weight excluding hydrogens is 218 g/mol. The zero-order valence-corrected chi connectivity index (χ0v) is 10.7. The van der Waals surface area contributed by atoms with Gasteiger partial charge in [-0.2, -0.15) is 0 Å². The maximum atomic E-state index is 11.6. The standard InChI is InChI=1S/C12H23N3O2/c1-3-13-12(17)15-11(16)9(2)14-8-10-6-4-5-7-10/h9-10,14H,3-8H2,1-2H3,(H2,13,15,16,17). The van der Waals surface area contributed by atoms with E-state index in [0.717, 1.165) is 6.54 Å². The van der Waals surface area contributed by atoms with E-state index in [4.69, 9.17) is 0 Å². The Morgan fingerprint density at radius 2 is 1.94 bits per heavy atom. The normalized spacial score (nSPS) is 17.8. The van der Waals surface area contributed by atoms with Crippen molar-refractivity contribution in [2.45, 2.75) is 45.6 Å². The van der Waals surface area contributed by atoms with Crippen LogP contribution in [0, 0.1) is 5.92 Å². The Kier molecular flexibility index (Phi) is 5.97.